The number of rotatable bonds is 3. The van der Waals surface area contributed by atoms with Crippen molar-refractivity contribution >= 4 is 0 Å². The Balaban J connectivity index is 1.73. The van der Waals surface area contributed by atoms with Crippen molar-refractivity contribution in [1.82, 2.24) is 4.90 Å². The first-order chi connectivity index (χ1) is 6.31. The quantitative estimate of drug-likeness (QED) is 0.645. The van der Waals surface area contributed by atoms with E-state index in [1.807, 2.05) is 6.92 Å². The Labute approximate surface area is 78.4 Å². The van der Waals surface area contributed by atoms with Gasteiger partial charge in [0, 0.05) is 19.7 Å². The van der Waals surface area contributed by atoms with Crippen molar-refractivity contribution in [3.63, 3.8) is 0 Å². The van der Waals surface area contributed by atoms with E-state index in [2.05, 4.69) is 4.90 Å². The molecule has 2 aliphatic rings. The molecule has 2 rings (SSSR count). The summed E-state index contributed by atoms with van der Waals surface area (Å²) in [5.74, 6) is 0. The summed E-state index contributed by atoms with van der Waals surface area (Å²) in [5.41, 5.74) is 0. The first-order valence-electron chi connectivity index (χ1n) is 4.92. The van der Waals surface area contributed by atoms with Crippen molar-refractivity contribution in [2.45, 2.75) is 25.2 Å². The van der Waals surface area contributed by atoms with Gasteiger partial charge in [-0.25, -0.2) is 0 Å². The van der Waals surface area contributed by atoms with Gasteiger partial charge in [-0.15, -0.1) is 0 Å². The van der Waals surface area contributed by atoms with Crippen LogP contribution in [0.3, 0.4) is 0 Å². The van der Waals surface area contributed by atoms with Crippen LogP contribution >= 0.6 is 0 Å². The predicted octanol–water partition coefficient (Wildman–Crippen LogP) is -0.533. The van der Waals surface area contributed by atoms with Crippen molar-refractivity contribution < 1.29 is 14.6 Å². The fourth-order valence-electron chi connectivity index (χ4n) is 1.96. The van der Waals surface area contributed by atoms with Crippen molar-refractivity contribution in [1.29, 1.82) is 0 Å². The average Bonchev–Trinajstić information content (AvgIpc) is 2.43. The SMILES string of the molecule is CCOC1CN([C@@H]2COC[C@H]2O)C1. The fraction of sp³-hybridized carbons (Fsp3) is 1.00. The van der Waals surface area contributed by atoms with Crippen molar-refractivity contribution in [3.05, 3.63) is 0 Å². The zero-order valence-corrected chi connectivity index (χ0v) is 7.98. The molecule has 0 unspecified atom stereocenters. The second-order valence-corrected chi connectivity index (χ2v) is 3.70. The molecule has 2 fully saturated rings. The van der Waals surface area contributed by atoms with Crippen molar-refractivity contribution in [2.75, 3.05) is 32.9 Å². The molecule has 2 atom stereocenters. The van der Waals surface area contributed by atoms with Crippen LogP contribution in [0, 0.1) is 0 Å². The van der Waals surface area contributed by atoms with E-state index in [9.17, 15) is 5.11 Å². The summed E-state index contributed by atoms with van der Waals surface area (Å²) in [5, 5.41) is 9.53. The Morgan fingerprint density at radius 2 is 2.23 bits per heavy atom. The molecule has 0 bridgehead atoms. The molecule has 0 aromatic rings. The molecule has 0 amide bonds. The first-order valence-corrected chi connectivity index (χ1v) is 4.92. The summed E-state index contributed by atoms with van der Waals surface area (Å²) < 4.78 is 10.6. The van der Waals surface area contributed by atoms with Gasteiger partial charge in [-0.05, 0) is 6.92 Å². The standard InChI is InChI=1S/C9H17NO3/c1-2-13-7-3-10(4-7)8-5-12-6-9(8)11/h7-9,11H,2-6H2,1H3/t8-,9-/m1/s1. The van der Waals surface area contributed by atoms with Gasteiger partial charge >= 0.3 is 0 Å². The highest BCUT2D eigenvalue weighted by atomic mass is 16.5. The smallest absolute Gasteiger partial charge is 0.0950 e. The molecule has 0 aliphatic carbocycles. The Hall–Kier alpha value is -0.160. The molecule has 4 heteroatoms. The number of nitrogens with zero attached hydrogens (tertiary/aromatic N) is 1. The van der Waals surface area contributed by atoms with E-state index in [1.54, 1.807) is 0 Å². The highest BCUT2D eigenvalue weighted by Crippen LogP contribution is 2.21. The molecular formula is C9H17NO3. The first kappa shape index (κ1) is 9.40. The second kappa shape index (κ2) is 3.92. The summed E-state index contributed by atoms with van der Waals surface area (Å²) in [6, 6.07) is 0.205. The van der Waals surface area contributed by atoms with Crippen LogP contribution in [0.15, 0.2) is 0 Å². The summed E-state index contributed by atoms with van der Waals surface area (Å²) in [6.45, 7) is 5.83. The van der Waals surface area contributed by atoms with E-state index in [4.69, 9.17) is 9.47 Å². The maximum absolute atomic E-state index is 9.53. The summed E-state index contributed by atoms with van der Waals surface area (Å²) in [4.78, 5) is 2.23. The van der Waals surface area contributed by atoms with Crippen LogP contribution in [0.2, 0.25) is 0 Å². The third-order valence-electron chi connectivity index (χ3n) is 2.77. The predicted molar refractivity (Wildman–Crippen MR) is 47.6 cm³/mol. The zero-order valence-electron chi connectivity index (χ0n) is 7.98. The van der Waals surface area contributed by atoms with Crippen LogP contribution < -0.4 is 0 Å². The molecule has 0 radical (unpaired) electrons. The normalized spacial score (nSPS) is 36.5. The third-order valence-corrected chi connectivity index (χ3v) is 2.77. The van der Waals surface area contributed by atoms with Crippen molar-refractivity contribution in [3.8, 4) is 0 Å². The van der Waals surface area contributed by atoms with Crippen molar-refractivity contribution in [2.24, 2.45) is 0 Å². The summed E-state index contributed by atoms with van der Waals surface area (Å²) in [6.07, 6.45) is 0.0698. The molecule has 0 aromatic heterocycles. The zero-order chi connectivity index (χ0) is 9.26. The van der Waals surface area contributed by atoms with Gasteiger partial charge in [0.2, 0.25) is 0 Å². The molecule has 1 N–H and O–H groups in total. The molecule has 2 heterocycles. The molecule has 4 nitrogen and oxygen atoms in total. The lowest BCUT2D eigenvalue weighted by atomic mass is 10.1. The van der Waals surface area contributed by atoms with E-state index in [-0.39, 0.29) is 12.1 Å². The van der Waals surface area contributed by atoms with Crippen LogP contribution in [0.5, 0.6) is 0 Å². The van der Waals surface area contributed by atoms with Crippen LogP contribution in [-0.4, -0.2) is 61.2 Å². The van der Waals surface area contributed by atoms with Crippen LogP contribution in [0.25, 0.3) is 0 Å². The van der Waals surface area contributed by atoms with Gasteiger partial charge in [0.25, 0.3) is 0 Å². The number of aliphatic hydroxyl groups excluding tert-OH is 1. The minimum absolute atomic E-state index is 0.205. The van der Waals surface area contributed by atoms with Gasteiger partial charge in [-0.2, -0.15) is 0 Å². The van der Waals surface area contributed by atoms with Gasteiger partial charge in [0.1, 0.15) is 0 Å². The van der Waals surface area contributed by atoms with E-state index in [0.717, 1.165) is 19.7 Å². The monoisotopic (exact) mass is 187 g/mol. The van der Waals surface area contributed by atoms with Crippen LogP contribution in [-0.2, 0) is 9.47 Å². The minimum atomic E-state index is -0.303. The molecule has 13 heavy (non-hydrogen) atoms. The summed E-state index contributed by atoms with van der Waals surface area (Å²) >= 11 is 0. The highest BCUT2D eigenvalue weighted by Gasteiger charge is 2.39. The van der Waals surface area contributed by atoms with Gasteiger partial charge in [0.15, 0.2) is 0 Å². The Morgan fingerprint density at radius 1 is 1.46 bits per heavy atom. The highest BCUT2D eigenvalue weighted by molar-refractivity contribution is 4.92. The molecule has 2 aliphatic heterocycles. The Kier molecular flexibility index (Phi) is 2.83. The Bertz CT molecular complexity index is 170. The maximum Gasteiger partial charge on any atom is 0.0950 e. The number of likely N-dealkylation sites (tertiary alicyclic amines) is 1. The van der Waals surface area contributed by atoms with Gasteiger partial charge in [0.05, 0.1) is 31.5 Å². The molecule has 2 saturated heterocycles. The van der Waals surface area contributed by atoms with E-state index in [0.29, 0.717) is 19.3 Å². The van der Waals surface area contributed by atoms with Crippen LogP contribution in [0.1, 0.15) is 6.92 Å². The summed E-state index contributed by atoms with van der Waals surface area (Å²) in [7, 11) is 0. The second-order valence-electron chi connectivity index (χ2n) is 3.70. The average molecular weight is 187 g/mol. The maximum atomic E-state index is 9.53. The van der Waals surface area contributed by atoms with E-state index < -0.39 is 0 Å². The molecule has 76 valence electrons. The Morgan fingerprint density at radius 3 is 2.77 bits per heavy atom. The lowest BCUT2D eigenvalue weighted by Gasteiger charge is -2.42. The van der Waals surface area contributed by atoms with Gasteiger partial charge < -0.3 is 14.6 Å². The molecule has 0 spiro atoms. The lowest BCUT2D eigenvalue weighted by Crippen LogP contribution is -2.59. The number of ether oxygens (including phenoxy) is 2. The van der Waals surface area contributed by atoms with E-state index in [1.165, 1.54) is 0 Å². The largest absolute Gasteiger partial charge is 0.389 e. The van der Waals surface area contributed by atoms with Crippen LogP contribution in [0.4, 0.5) is 0 Å². The molecule has 0 saturated carbocycles. The number of hydrogen-bond acceptors (Lipinski definition) is 4. The van der Waals surface area contributed by atoms with Gasteiger partial charge in [-0.1, -0.05) is 0 Å². The number of hydrogen-bond donors (Lipinski definition) is 1. The minimum Gasteiger partial charge on any atom is -0.389 e. The topological polar surface area (TPSA) is 41.9 Å². The van der Waals surface area contributed by atoms with E-state index >= 15 is 0 Å². The lowest BCUT2D eigenvalue weighted by molar-refractivity contribution is -0.0814. The molecular weight excluding hydrogens is 170 g/mol. The van der Waals surface area contributed by atoms with Gasteiger partial charge in [-0.3, -0.25) is 4.90 Å². The molecule has 0 aromatic carbocycles. The third kappa shape index (κ3) is 1.86. The fourth-order valence-corrected chi connectivity index (χ4v) is 1.96. The number of aliphatic hydroxyl groups is 1.